The van der Waals surface area contributed by atoms with Gasteiger partial charge < -0.3 is 5.11 Å². The fourth-order valence-corrected chi connectivity index (χ4v) is 2.27. The average molecular weight is 252 g/mol. The summed E-state index contributed by atoms with van der Waals surface area (Å²) in [7, 11) is 0. The van der Waals surface area contributed by atoms with Crippen molar-refractivity contribution in [1.82, 2.24) is 0 Å². The predicted molar refractivity (Wildman–Crippen MR) is 57.1 cm³/mol. The zero-order valence-electron chi connectivity index (χ0n) is 7.84. The first kappa shape index (κ1) is 9.54. The summed E-state index contributed by atoms with van der Waals surface area (Å²) in [5, 5.41) is 18.5. The minimum Gasteiger partial charge on any atom is -0.508 e. The van der Waals surface area contributed by atoms with Gasteiger partial charge in [0.25, 0.3) is 0 Å². The van der Waals surface area contributed by atoms with E-state index >= 15 is 0 Å². The maximum Gasteiger partial charge on any atom is 0.116 e. The van der Waals surface area contributed by atoms with E-state index in [1.807, 2.05) is 6.92 Å². The van der Waals surface area contributed by atoms with Crippen molar-refractivity contribution in [3.63, 3.8) is 0 Å². The Balaban J connectivity index is 2.59. The molecule has 0 aromatic heterocycles. The molecule has 0 amide bonds. The quantitative estimate of drug-likeness (QED) is 0.834. The summed E-state index contributed by atoms with van der Waals surface area (Å²) in [5.41, 5.74) is 1.56. The molecule has 2 rings (SSSR count). The maximum absolute atomic E-state index is 9.47. The molecule has 3 heteroatoms. The van der Waals surface area contributed by atoms with Crippen LogP contribution >= 0.6 is 15.9 Å². The molecule has 0 unspecified atom stereocenters. The third kappa shape index (κ3) is 1.31. The lowest BCUT2D eigenvalue weighted by atomic mass is 9.96. The molecule has 0 atom stereocenters. The van der Waals surface area contributed by atoms with Crippen LogP contribution in [0.5, 0.6) is 5.75 Å². The molecular weight excluding hydrogens is 242 g/mol. The van der Waals surface area contributed by atoms with Crippen molar-refractivity contribution in [3.8, 4) is 11.8 Å². The van der Waals surface area contributed by atoms with Gasteiger partial charge in [-0.3, -0.25) is 0 Å². The Bertz CT molecular complexity index is 430. The average Bonchev–Trinajstić information content (AvgIpc) is 2.92. The molecule has 1 aromatic carbocycles. The van der Waals surface area contributed by atoms with E-state index < -0.39 is 0 Å². The number of benzene rings is 1. The van der Waals surface area contributed by atoms with Crippen LogP contribution in [0.15, 0.2) is 16.6 Å². The lowest BCUT2D eigenvalue weighted by Gasteiger charge is -2.11. The first-order valence-electron chi connectivity index (χ1n) is 4.50. The van der Waals surface area contributed by atoms with E-state index in [-0.39, 0.29) is 11.2 Å². The summed E-state index contributed by atoms with van der Waals surface area (Å²) >= 11 is 3.47. The van der Waals surface area contributed by atoms with E-state index in [1.54, 1.807) is 12.1 Å². The van der Waals surface area contributed by atoms with Gasteiger partial charge in [-0.1, -0.05) is 15.9 Å². The SMILES string of the molecule is Cc1cc(O)cc(C2(C#N)CC2)c1Br. The molecule has 1 saturated carbocycles. The molecule has 1 aliphatic rings. The number of nitrogens with zero attached hydrogens (tertiary/aromatic N) is 1. The van der Waals surface area contributed by atoms with Crippen LogP contribution in [-0.2, 0) is 5.41 Å². The Hall–Kier alpha value is -1.01. The lowest BCUT2D eigenvalue weighted by Crippen LogP contribution is -2.04. The molecule has 72 valence electrons. The normalized spacial score (nSPS) is 17.5. The molecule has 2 nitrogen and oxygen atoms in total. The van der Waals surface area contributed by atoms with Gasteiger partial charge in [0.15, 0.2) is 0 Å². The minimum absolute atomic E-state index is 0.238. The third-order valence-electron chi connectivity index (χ3n) is 2.72. The highest BCUT2D eigenvalue weighted by atomic mass is 79.9. The van der Waals surface area contributed by atoms with Crippen molar-refractivity contribution in [2.75, 3.05) is 0 Å². The van der Waals surface area contributed by atoms with E-state index in [4.69, 9.17) is 5.26 Å². The molecule has 0 bridgehead atoms. The van der Waals surface area contributed by atoms with Crippen LogP contribution in [-0.4, -0.2) is 5.11 Å². The smallest absolute Gasteiger partial charge is 0.116 e. The number of aryl methyl sites for hydroxylation is 1. The van der Waals surface area contributed by atoms with Crippen LogP contribution in [0.25, 0.3) is 0 Å². The fraction of sp³-hybridized carbons (Fsp3) is 0.364. The van der Waals surface area contributed by atoms with Crippen LogP contribution < -0.4 is 0 Å². The van der Waals surface area contributed by atoms with Gasteiger partial charge in [-0.05, 0) is 43.0 Å². The molecule has 1 aromatic rings. The number of phenolic OH excluding ortho intramolecular Hbond substituents is 1. The summed E-state index contributed by atoms with van der Waals surface area (Å²) < 4.78 is 0.953. The van der Waals surface area contributed by atoms with Crippen molar-refractivity contribution >= 4 is 15.9 Å². The van der Waals surface area contributed by atoms with Crippen molar-refractivity contribution in [3.05, 3.63) is 27.7 Å². The van der Waals surface area contributed by atoms with E-state index in [0.29, 0.717) is 0 Å². The lowest BCUT2D eigenvalue weighted by molar-refractivity contribution is 0.473. The van der Waals surface area contributed by atoms with Gasteiger partial charge in [0, 0.05) is 4.47 Å². The second-order valence-corrected chi connectivity index (χ2v) is 4.61. The standard InChI is InChI=1S/C11H10BrNO/c1-7-4-8(14)5-9(10(7)12)11(6-13)2-3-11/h4-5,14H,2-3H2,1H3. The summed E-state index contributed by atoms with van der Waals surface area (Å²) in [5.74, 6) is 0.238. The van der Waals surface area contributed by atoms with Crippen molar-refractivity contribution < 1.29 is 5.11 Å². The monoisotopic (exact) mass is 251 g/mol. The topological polar surface area (TPSA) is 44.0 Å². The Kier molecular flexibility index (Phi) is 2.04. The van der Waals surface area contributed by atoms with Gasteiger partial charge in [0.1, 0.15) is 5.75 Å². The largest absolute Gasteiger partial charge is 0.508 e. The van der Waals surface area contributed by atoms with Gasteiger partial charge in [-0.25, -0.2) is 0 Å². The zero-order chi connectivity index (χ0) is 10.3. The van der Waals surface area contributed by atoms with Crippen LogP contribution in [0.1, 0.15) is 24.0 Å². The number of rotatable bonds is 1. The predicted octanol–water partition coefficient (Wildman–Crippen LogP) is 3.02. The van der Waals surface area contributed by atoms with Gasteiger partial charge in [-0.15, -0.1) is 0 Å². The number of nitriles is 1. The summed E-state index contributed by atoms with van der Waals surface area (Å²) in [6.07, 6.45) is 1.79. The molecule has 1 N–H and O–H groups in total. The van der Waals surface area contributed by atoms with E-state index in [2.05, 4.69) is 22.0 Å². The van der Waals surface area contributed by atoms with Gasteiger partial charge in [-0.2, -0.15) is 5.26 Å². The molecule has 0 radical (unpaired) electrons. The highest BCUT2D eigenvalue weighted by molar-refractivity contribution is 9.10. The highest BCUT2D eigenvalue weighted by Gasteiger charge is 2.46. The first-order valence-corrected chi connectivity index (χ1v) is 5.29. The van der Waals surface area contributed by atoms with Gasteiger partial charge >= 0.3 is 0 Å². The number of aromatic hydroxyl groups is 1. The maximum atomic E-state index is 9.47. The van der Waals surface area contributed by atoms with Crippen LogP contribution in [0.4, 0.5) is 0 Å². The van der Waals surface area contributed by atoms with Crippen molar-refractivity contribution in [2.24, 2.45) is 0 Å². The van der Waals surface area contributed by atoms with Crippen LogP contribution in [0.2, 0.25) is 0 Å². The Morgan fingerprint density at radius 2 is 2.14 bits per heavy atom. The summed E-state index contributed by atoms with van der Waals surface area (Å²) in [6, 6.07) is 5.71. The first-order chi connectivity index (χ1) is 6.59. The molecule has 0 heterocycles. The van der Waals surface area contributed by atoms with Gasteiger partial charge in [0.2, 0.25) is 0 Å². The van der Waals surface area contributed by atoms with Crippen molar-refractivity contribution in [2.45, 2.75) is 25.2 Å². The van der Waals surface area contributed by atoms with Gasteiger partial charge in [0.05, 0.1) is 11.5 Å². The molecule has 0 aliphatic heterocycles. The van der Waals surface area contributed by atoms with Crippen LogP contribution in [0, 0.1) is 18.3 Å². The molecular formula is C11H10BrNO. The number of hydrogen-bond donors (Lipinski definition) is 1. The fourth-order valence-electron chi connectivity index (χ4n) is 1.67. The number of hydrogen-bond acceptors (Lipinski definition) is 2. The Morgan fingerprint density at radius 3 is 2.64 bits per heavy atom. The molecule has 0 spiro atoms. The van der Waals surface area contributed by atoms with E-state index in [0.717, 1.165) is 28.4 Å². The number of halogens is 1. The van der Waals surface area contributed by atoms with Crippen molar-refractivity contribution in [1.29, 1.82) is 5.26 Å². The van der Waals surface area contributed by atoms with E-state index in [9.17, 15) is 5.11 Å². The highest BCUT2D eigenvalue weighted by Crippen LogP contribution is 2.51. The zero-order valence-corrected chi connectivity index (χ0v) is 9.43. The Labute approximate surface area is 91.3 Å². The molecule has 1 fully saturated rings. The summed E-state index contributed by atoms with van der Waals surface area (Å²) in [6.45, 7) is 1.92. The molecule has 14 heavy (non-hydrogen) atoms. The van der Waals surface area contributed by atoms with E-state index in [1.165, 1.54) is 0 Å². The summed E-state index contributed by atoms with van der Waals surface area (Å²) in [4.78, 5) is 0. The minimum atomic E-state index is -0.345. The second kappa shape index (κ2) is 2.99. The number of phenols is 1. The third-order valence-corrected chi connectivity index (χ3v) is 3.77. The second-order valence-electron chi connectivity index (χ2n) is 3.82. The molecule has 1 aliphatic carbocycles. The van der Waals surface area contributed by atoms with Crippen LogP contribution in [0.3, 0.4) is 0 Å². The Morgan fingerprint density at radius 1 is 1.50 bits per heavy atom. The molecule has 0 saturated heterocycles.